The first-order chi connectivity index (χ1) is 7.43. The van der Waals surface area contributed by atoms with Crippen LogP contribution in [-0.2, 0) is 6.54 Å². The highest BCUT2D eigenvalue weighted by Crippen LogP contribution is 2.23. The van der Waals surface area contributed by atoms with Crippen molar-refractivity contribution in [1.29, 1.82) is 0 Å². The van der Waals surface area contributed by atoms with E-state index < -0.39 is 0 Å². The van der Waals surface area contributed by atoms with E-state index in [1.165, 1.54) is 15.6 Å². The Morgan fingerprint density at radius 1 is 1.12 bits per heavy atom. The number of nitrogens with zero attached hydrogens (tertiary/aromatic N) is 1. The van der Waals surface area contributed by atoms with Crippen LogP contribution in [0.1, 0.15) is 38.8 Å². The van der Waals surface area contributed by atoms with E-state index in [0.717, 1.165) is 6.54 Å². The molecule has 1 aromatic rings. The van der Waals surface area contributed by atoms with Crippen molar-refractivity contribution in [2.75, 3.05) is 0 Å². The Bertz CT molecular complexity index is 337. The molecule has 16 heavy (non-hydrogen) atoms. The zero-order chi connectivity index (χ0) is 12.3. The minimum atomic E-state index is 0.576. The van der Waals surface area contributed by atoms with Gasteiger partial charge in [0.25, 0.3) is 0 Å². The van der Waals surface area contributed by atoms with E-state index in [-0.39, 0.29) is 0 Å². The fraction of sp³-hybridized carbons (Fsp3) is 0.571. The van der Waals surface area contributed by atoms with E-state index in [1.807, 2.05) is 0 Å². The molecule has 0 amide bonds. The van der Waals surface area contributed by atoms with Gasteiger partial charge in [-0.15, -0.1) is 0 Å². The molecular formula is C14H22BrN. The molecular weight excluding hydrogens is 262 g/mol. The van der Waals surface area contributed by atoms with E-state index in [0.29, 0.717) is 12.1 Å². The predicted octanol–water partition coefficient (Wildman–Crippen LogP) is 4.38. The van der Waals surface area contributed by atoms with Crippen LogP contribution in [0.4, 0.5) is 0 Å². The Kier molecular flexibility index (Phi) is 5.00. The highest BCUT2D eigenvalue weighted by Gasteiger charge is 2.15. The minimum Gasteiger partial charge on any atom is -0.294 e. The van der Waals surface area contributed by atoms with Crippen LogP contribution in [0.3, 0.4) is 0 Å². The summed E-state index contributed by atoms with van der Waals surface area (Å²) in [6, 6.07) is 7.63. The van der Waals surface area contributed by atoms with Crippen LogP contribution < -0.4 is 0 Å². The number of rotatable bonds is 4. The first-order valence-electron chi connectivity index (χ1n) is 5.93. The zero-order valence-corrected chi connectivity index (χ0v) is 12.5. The average molecular weight is 284 g/mol. The Labute approximate surface area is 108 Å². The van der Waals surface area contributed by atoms with Crippen molar-refractivity contribution >= 4 is 15.9 Å². The van der Waals surface area contributed by atoms with E-state index in [9.17, 15) is 0 Å². The van der Waals surface area contributed by atoms with Gasteiger partial charge in [-0.25, -0.2) is 0 Å². The van der Waals surface area contributed by atoms with Gasteiger partial charge in [0.2, 0.25) is 0 Å². The summed E-state index contributed by atoms with van der Waals surface area (Å²) < 4.78 is 1.25. The van der Waals surface area contributed by atoms with Gasteiger partial charge in [0, 0.05) is 23.1 Å². The Morgan fingerprint density at radius 3 is 2.19 bits per heavy atom. The lowest BCUT2D eigenvalue weighted by Crippen LogP contribution is -2.36. The molecule has 90 valence electrons. The molecule has 1 rings (SSSR count). The van der Waals surface area contributed by atoms with E-state index in [2.05, 4.69) is 73.6 Å². The molecule has 0 heterocycles. The van der Waals surface area contributed by atoms with Crippen molar-refractivity contribution in [2.45, 2.75) is 53.2 Å². The second-order valence-corrected chi connectivity index (χ2v) is 5.70. The van der Waals surface area contributed by atoms with Crippen molar-refractivity contribution in [3.63, 3.8) is 0 Å². The number of hydrogen-bond acceptors (Lipinski definition) is 1. The van der Waals surface area contributed by atoms with Gasteiger partial charge in [-0.3, -0.25) is 4.90 Å². The lowest BCUT2D eigenvalue weighted by molar-refractivity contribution is 0.165. The van der Waals surface area contributed by atoms with Crippen LogP contribution in [0.25, 0.3) is 0 Å². The Morgan fingerprint density at radius 2 is 1.69 bits per heavy atom. The maximum atomic E-state index is 3.68. The normalized spacial score (nSPS) is 11.8. The quantitative estimate of drug-likeness (QED) is 0.793. The van der Waals surface area contributed by atoms with E-state index in [1.54, 1.807) is 0 Å². The molecule has 1 nitrogen and oxygen atoms in total. The zero-order valence-electron chi connectivity index (χ0n) is 10.9. The van der Waals surface area contributed by atoms with E-state index in [4.69, 9.17) is 0 Å². The van der Waals surface area contributed by atoms with Crippen molar-refractivity contribution in [3.8, 4) is 0 Å². The van der Waals surface area contributed by atoms with Gasteiger partial charge in [0.15, 0.2) is 0 Å². The smallest absolute Gasteiger partial charge is 0.0250 e. The van der Waals surface area contributed by atoms with Crippen LogP contribution in [0.15, 0.2) is 22.7 Å². The highest BCUT2D eigenvalue weighted by molar-refractivity contribution is 9.10. The van der Waals surface area contributed by atoms with Crippen molar-refractivity contribution in [1.82, 2.24) is 4.90 Å². The van der Waals surface area contributed by atoms with Crippen molar-refractivity contribution in [2.24, 2.45) is 0 Å². The van der Waals surface area contributed by atoms with Crippen LogP contribution in [0, 0.1) is 6.92 Å². The third kappa shape index (κ3) is 3.33. The maximum absolute atomic E-state index is 3.68. The first kappa shape index (κ1) is 13.7. The van der Waals surface area contributed by atoms with Gasteiger partial charge in [0.05, 0.1) is 0 Å². The third-order valence-corrected chi connectivity index (χ3v) is 4.09. The highest BCUT2D eigenvalue weighted by atomic mass is 79.9. The van der Waals surface area contributed by atoms with Gasteiger partial charge >= 0.3 is 0 Å². The maximum Gasteiger partial charge on any atom is 0.0250 e. The fourth-order valence-electron chi connectivity index (χ4n) is 1.99. The summed E-state index contributed by atoms with van der Waals surface area (Å²) in [6.07, 6.45) is 0. The van der Waals surface area contributed by atoms with Crippen molar-refractivity contribution in [3.05, 3.63) is 33.8 Å². The molecule has 0 unspecified atom stereocenters. The van der Waals surface area contributed by atoms with Gasteiger partial charge < -0.3 is 0 Å². The Balaban J connectivity index is 2.90. The lowest BCUT2D eigenvalue weighted by Gasteiger charge is -2.31. The molecule has 0 atom stereocenters. The topological polar surface area (TPSA) is 3.24 Å². The molecule has 0 N–H and O–H groups in total. The largest absolute Gasteiger partial charge is 0.294 e. The summed E-state index contributed by atoms with van der Waals surface area (Å²) >= 11 is 3.68. The molecule has 0 saturated carbocycles. The summed E-state index contributed by atoms with van der Waals surface area (Å²) in [5.74, 6) is 0. The standard InChI is InChI=1S/C14H22BrN/c1-10(2)16(11(3)4)9-13-8-6-7-12(5)14(13)15/h6-8,10-11H,9H2,1-5H3. The molecule has 0 aliphatic heterocycles. The SMILES string of the molecule is Cc1cccc(CN(C(C)C)C(C)C)c1Br. The summed E-state index contributed by atoms with van der Waals surface area (Å²) in [4.78, 5) is 2.50. The predicted molar refractivity (Wildman–Crippen MR) is 74.7 cm³/mol. The second kappa shape index (κ2) is 5.83. The van der Waals surface area contributed by atoms with Gasteiger partial charge in [-0.1, -0.05) is 34.1 Å². The molecule has 0 bridgehead atoms. The van der Waals surface area contributed by atoms with Crippen LogP contribution in [0.2, 0.25) is 0 Å². The Hall–Kier alpha value is -0.340. The minimum absolute atomic E-state index is 0.576. The summed E-state index contributed by atoms with van der Waals surface area (Å²) in [5, 5.41) is 0. The second-order valence-electron chi connectivity index (χ2n) is 4.91. The first-order valence-corrected chi connectivity index (χ1v) is 6.72. The molecule has 0 saturated heterocycles. The van der Waals surface area contributed by atoms with Crippen molar-refractivity contribution < 1.29 is 0 Å². The molecule has 0 aliphatic carbocycles. The van der Waals surface area contributed by atoms with Gasteiger partial charge in [-0.2, -0.15) is 0 Å². The monoisotopic (exact) mass is 283 g/mol. The van der Waals surface area contributed by atoms with Crippen LogP contribution in [-0.4, -0.2) is 17.0 Å². The number of hydrogen-bond donors (Lipinski definition) is 0. The van der Waals surface area contributed by atoms with Crippen LogP contribution >= 0.6 is 15.9 Å². The summed E-state index contributed by atoms with van der Waals surface area (Å²) in [6.45, 7) is 12.2. The molecule has 0 aromatic heterocycles. The number of aryl methyl sites for hydroxylation is 1. The summed E-state index contributed by atoms with van der Waals surface area (Å²) in [7, 11) is 0. The molecule has 0 fully saturated rings. The average Bonchev–Trinajstić information content (AvgIpc) is 2.19. The van der Waals surface area contributed by atoms with Gasteiger partial charge in [0.1, 0.15) is 0 Å². The molecule has 1 aromatic carbocycles. The molecule has 0 spiro atoms. The van der Waals surface area contributed by atoms with Crippen LogP contribution in [0.5, 0.6) is 0 Å². The molecule has 2 heteroatoms. The molecule has 0 radical (unpaired) electrons. The number of halogens is 1. The summed E-state index contributed by atoms with van der Waals surface area (Å²) in [5.41, 5.74) is 2.69. The lowest BCUT2D eigenvalue weighted by atomic mass is 10.1. The fourth-order valence-corrected chi connectivity index (χ4v) is 2.38. The third-order valence-electron chi connectivity index (χ3n) is 2.95. The number of benzene rings is 1. The van der Waals surface area contributed by atoms with E-state index >= 15 is 0 Å². The van der Waals surface area contributed by atoms with Gasteiger partial charge in [-0.05, 0) is 45.7 Å². The molecule has 0 aliphatic rings.